The van der Waals surface area contributed by atoms with Gasteiger partial charge < -0.3 is 4.90 Å². The Hall–Kier alpha value is -3.95. The molecule has 39 heavy (non-hydrogen) atoms. The highest BCUT2D eigenvalue weighted by atomic mass is 16.2. The van der Waals surface area contributed by atoms with Crippen LogP contribution < -0.4 is 0 Å². The van der Waals surface area contributed by atoms with E-state index in [1.807, 2.05) is 54.3 Å². The monoisotopic (exact) mass is 516 g/mol. The smallest absolute Gasteiger partial charge is 0.225 e. The molecule has 0 radical (unpaired) electrons. The van der Waals surface area contributed by atoms with Gasteiger partial charge in [0.1, 0.15) is 0 Å². The second kappa shape index (κ2) is 14.3. The Labute approximate surface area is 234 Å². The number of amides is 1. The fraction of sp³-hybridized carbons (Fsp3) is 0.250. The van der Waals surface area contributed by atoms with Gasteiger partial charge in [-0.1, -0.05) is 133 Å². The maximum atomic E-state index is 14.2. The Morgan fingerprint density at radius 3 is 1.56 bits per heavy atom. The molecule has 3 nitrogen and oxygen atoms in total. The Bertz CT molecular complexity index is 1290. The highest BCUT2D eigenvalue weighted by molar-refractivity contribution is 5.77. The van der Waals surface area contributed by atoms with Crippen LogP contribution in [0.2, 0.25) is 0 Å². The van der Waals surface area contributed by atoms with Crippen LogP contribution in [0.4, 0.5) is 0 Å². The topological polar surface area (TPSA) is 23.6 Å². The first-order valence-electron chi connectivity index (χ1n) is 13.9. The van der Waals surface area contributed by atoms with Crippen LogP contribution in [0.15, 0.2) is 133 Å². The molecule has 0 aliphatic heterocycles. The van der Waals surface area contributed by atoms with E-state index < -0.39 is 0 Å². The van der Waals surface area contributed by atoms with Crippen molar-refractivity contribution in [2.75, 3.05) is 0 Å². The molecule has 0 spiro atoms. The summed E-state index contributed by atoms with van der Waals surface area (Å²) in [5, 5.41) is 0. The molecule has 3 atom stereocenters. The van der Waals surface area contributed by atoms with Gasteiger partial charge in [0.15, 0.2) is 0 Å². The molecule has 0 N–H and O–H groups in total. The summed E-state index contributed by atoms with van der Waals surface area (Å²) in [6.07, 6.45) is 4.67. The summed E-state index contributed by atoms with van der Waals surface area (Å²) in [7, 11) is 0. The molecule has 200 valence electrons. The fourth-order valence-electron chi connectivity index (χ4n) is 5.21. The standard InChI is InChI=1S/C36H40N2O/c1-4-17-35(37(27-31-18-9-5-10-19-31)29(2)33-22-13-7-14-23-33)26-36(39)38(28-32-20-11-6-12-21-32)30(3)34-24-15-8-16-25-34/h4-25,29-30,35H,26-28H2,1-3H3/b17-4+/t29-,30-,35-/m1/s1. The largest absolute Gasteiger partial charge is 0.332 e. The molecule has 0 aliphatic carbocycles. The van der Waals surface area contributed by atoms with Crippen LogP contribution in [-0.4, -0.2) is 21.7 Å². The normalized spacial score (nSPS) is 13.7. The van der Waals surface area contributed by atoms with E-state index in [0.717, 1.165) is 17.7 Å². The van der Waals surface area contributed by atoms with Crippen molar-refractivity contribution in [3.8, 4) is 0 Å². The van der Waals surface area contributed by atoms with Gasteiger partial charge in [-0.15, -0.1) is 0 Å². The van der Waals surface area contributed by atoms with Gasteiger partial charge in [0.2, 0.25) is 5.91 Å². The van der Waals surface area contributed by atoms with Crippen molar-refractivity contribution >= 4 is 5.91 Å². The van der Waals surface area contributed by atoms with Crippen molar-refractivity contribution in [2.24, 2.45) is 0 Å². The number of hydrogen-bond donors (Lipinski definition) is 0. The van der Waals surface area contributed by atoms with Gasteiger partial charge in [-0.3, -0.25) is 9.69 Å². The third kappa shape index (κ3) is 7.78. The fourth-order valence-corrected chi connectivity index (χ4v) is 5.21. The average Bonchev–Trinajstić information content (AvgIpc) is 2.99. The maximum Gasteiger partial charge on any atom is 0.225 e. The van der Waals surface area contributed by atoms with Crippen LogP contribution >= 0.6 is 0 Å². The quantitative estimate of drug-likeness (QED) is 0.177. The number of nitrogens with zero attached hydrogens (tertiary/aromatic N) is 2. The summed E-state index contributed by atoms with van der Waals surface area (Å²) in [5.74, 6) is 0.150. The van der Waals surface area contributed by atoms with Gasteiger partial charge in [0.25, 0.3) is 0 Å². The summed E-state index contributed by atoms with van der Waals surface area (Å²) >= 11 is 0. The second-order valence-corrected chi connectivity index (χ2v) is 10.1. The molecular formula is C36H40N2O. The van der Waals surface area contributed by atoms with E-state index in [9.17, 15) is 4.79 Å². The highest BCUT2D eigenvalue weighted by Gasteiger charge is 2.29. The van der Waals surface area contributed by atoms with Crippen molar-refractivity contribution in [1.82, 2.24) is 9.80 Å². The molecule has 4 aromatic rings. The zero-order chi connectivity index (χ0) is 27.5. The van der Waals surface area contributed by atoms with Crippen LogP contribution in [0.1, 0.15) is 61.5 Å². The molecule has 1 amide bonds. The molecule has 0 bridgehead atoms. The molecule has 0 aliphatic rings. The number of carbonyl (C=O) groups is 1. The molecule has 0 saturated heterocycles. The number of carbonyl (C=O) groups excluding carboxylic acids is 1. The Morgan fingerprint density at radius 1 is 0.641 bits per heavy atom. The molecule has 0 unspecified atom stereocenters. The minimum absolute atomic E-state index is 0.0423. The highest BCUT2D eigenvalue weighted by Crippen LogP contribution is 2.29. The van der Waals surface area contributed by atoms with Crippen LogP contribution in [0.5, 0.6) is 0 Å². The van der Waals surface area contributed by atoms with E-state index in [1.54, 1.807) is 0 Å². The van der Waals surface area contributed by atoms with E-state index in [0.29, 0.717) is 13.0 Å². The lowest BCUT2D eigenvalue weighted by Crippen LogP contribution is -2.41. The molecule has 0 aromatic heterocycles. The predicted octanol–water partition coefficient (Wildman–Crippen LogP) is 8.37. The summed E-state index contributed by atoms with van der Waals surface area (Å²) in [5.41, 5.74) is 4.76. The van der Waals surface area contributed by atoms with Crippen molar-refractivity contribution in [2.45, 2.75) is 58.4 Å². The van der Waals surface area contributed by atoms with Gasteiger partial charge in [0, 0.05) is 31.6 Å². The average molecular weight is 517 g/mol. The molecule has 3 heteroatoms. The molecular weight excluding hydrogens is 476 g/mol. The van der Waals surface area contributed by atoms with Gasteiger partial charge >= 0.3 is 0 Å². The lowest BCUT2D eigenvalue weighted by molar-refractivity contribution is -0.135. The second-order valence-electron chi connectivity index (χ2n) is 10.1. The van der Waals surface area contributed by atoms with E-state index >= 15 is 0 Å². The van der Waals surface area contributed by atoms with Gasteiger partial charge in [-0.25, -0.2) is 0 Å². The molecule has 4 rings (SSSR count). The zero-order valence-electron chi connectivity index (χ0n) is 23.4. The number of allylic oxidation sites excluding steroid dienone is 1. The van der Waals surface area contributed by atoms with Crippen molar-refractivity contribution < 1.29 is 4.79 Å². The third-order valence-corrected chi connectivity index (χ3v) is 7.48. The summed E-state index contributed by atoms with van der Waals surface area (Å²) in [6, 6.07) is 41.8. The van der Waals surface area contributed by atoms with Gasteiger partial charge in [0.05, 0.1) is 6.04 Å². The molecule has 0 fully saturated rings. The minimum Gasteiger partial charge on any atom is -0.332 e. The molecule has 4 aromatic carbocycles. The molecule has 0 saturated carbocycles. The van der Waals surface area contributed by atoms with E-state index in [1.165, 1.54) is 11.1 Å². The summed E-state index contributed by atoms with van der Waals surface area (Å²) in [4.78, 5) is 18.7. The van der Waals surface area contributed by atoms with Crippen molar-refractivity contribution in [3.63, 3.8) is 0 Å². The molecule has 0 heterocycles. The lowest BCUT2D eigenvalue weighted by Gasteiger charge is -2.37. The van der Waals surface area contributed by atoms with Crippen LogP contribution in [0, 0.1) is 0 Å². The third-order valence-electron chi connectivity index (χ3n) is 7.48. The number of benzene rings is 4. The Morgan fingerprint density at radius 2 is 1.08 bits per heavy atom. The predicted molar refractivity (Wildman–Crippen MR) is 162 cm³/mol. The Balaban J connectivity index is 1.65. The first kappa shape index (κ1) is 28.1. The van der Waals surface area contributed by atoms with Gasteiger partial charge in [-0.2, -0.15) is 0 Å². The summed E-state index contributed by atoms with van der Waals surface area (Å²) in [6.45, 7) is 7.75. The van der Waals surface area contributed by atoms with Crippen molar-refractivity contribution in [3.05, 3.63) is 156 Å². The van der Waals surface area contributed by atoms with E-state index in [4.69, 9.17) is 0 Å². The minimum atomic E-state index is -0.0563. The maximum absolute atomic E-state index is 14.2. The first-order valence-corrected chi connectivity index (χ1v) is 13.9. The van der Waals surface area contributed by atoms with Crippen LogP contribution in [0.3, 0.4) is 0 Å². The lowest BCUT2D eigenvalue weighted by atomic mass is 9.99. The van der Waals surface area contributed by atoms with Crippen LogP contribution in [-0.2, 0) is 17.9 Å². The van der Waals surface area contributed by atoms with E-state index in [-0.39, 0.29) is 24.0 Å². The van der Waals surface area contributed by atoms with E-state index in [2.05, 4.69) is 110 Å². The van der Waals surface area contributed by atoms with Gasteiger partial charge in [-0.05, 0) is 43.0 Å². The first-order chi connectivity index (χ1) is 19.1. The summed E-state index contributed by atoms with van der Waals surface area (Å²) < 4.78 is 0. The number of hydrogen-bond acceptors (Lipinski definition) is 2. The SMILES string of the molecule is C/C=C/[C@H](CC(=O)N(Cc1ccccc1)[C@H](C)c1ccccc1)N(Cc1ccccc1)[C@H](C)c1ccccc1. The van der Waals surface area contributed by atoms with Crippen molar-refractivity contribution in [1.29, 1.82) is 0 Å². The zero-order valence-corrected chi connectivity index (χ0v) is 23.4. The van der Waals surface area contributed by atoms with Crippen LogP contribution in [0.25, 0.3) is 0 Å². The Kier molecular flexibility index (Phi) is 10.3. The number of rotatable bonds is 12.